The zero-order chi connectivity index (χ0) is 14.5. The van der Waals surface area contributed by atoms with Crippen LogP contribution in [0.2, 0.25) is 0 Å². The Bertz CT molecular complexity index is 310. The Morgan fingerprint density at radius 2 is 1.75 bits per heavy atom. The van der Waals surface area contributed by atoms with Gasteiger partial charge in [0.15, 0.2) is 0 Å². The fourth-order valence-corrected chi connectivity index (χ4v) is 2.68. The molecule has 0 fully saturated rings. The Labute approximate surface area is 125 Å². The van der Waals surface area contributed by atoms with Crippen LogP contribution in [0.1, 0.15) is 70.3 Å². The molecule has 0 aromatic carbocycles. The maximum absolute atomic E-state index is 4.19. The van der Waals surface area contributed by atoms with Gasteiger partial charge in [0, 0.05) is 18.4 Å². The minimum Gasteiger partial charge on any atom is -0.317 e. The molecule has 0 radical (unpaired) electrons. The summed E-state index contributed by atoms with van der Waals surface area (Å²) in [6, 6.07) is 4.79. The van der Waals surface area contributed by atoms with Crippen LogP contribution in [0.25, 0.3) is 0 Å². The summed E-state index contributed by atoms with van der Waals surface area (Å²) in [6.45, 7) is 2.28. The van der Waals surface area contributed by atoms with Gasteiger partial charge >= 0.3 is 0 Å². The van der Waals surface area contributed by atoms with Crippen molar-refractivity contribution in [1.29, 1.82) is 0 Å². The highest BCUT2D eigenvalue weighted by atomic mass is 14.9. The number of likely N-dealkylation sites (N-methyl/N-ethyl adjacent to an activating group) is 1. The Hall–Kier alpha value is -0.890. The number of nitrogens with one attached hydrogen (secondary N) is 1. The van der Waals surface area contributed by atoms with E-state index in [2.05, 4.69) is 30.3 Å². The molecule has 114 valence electrons. The zero-order valence-electron chi connectivity index (χ0n) is 13.4. The molecule has 1 aromatic heterocycles. The molecule has 0 aliphatic heterocycles. The molecule has 0 bridgehead atoms. The summed E-state index contributed by atoms with van der Waals surface area (Å²) < 4.78 is 0. The first kappa shape index (κ1) is 17.2. The first-order valence-corrected chi connectivity index (χ1v) is 8.43. The molecule has 0 aliphatic rings. The number of unbranched alkanes of at least 4 members (excludes halogenated alkanes) is 7. The molecule has 0 aliphatic carbocycles. The van der Waals surface area contributed by atoms with E-state index in [4.69, 9.17) is 0 Å². The second-order valence-corrected chi connectivity index (χ2v) is 5.81. The van der Waals surface area contributed by atoms with Crippen molar-refractivity contribution in [1.82, 2.24) is 10.3 Å². The van der Waals surface area contributed by atoms with E-state index in [1.807, 2.05) is 18.5 Å². The Balaban J connectivity index is 2.04. The van der Waals surface area contributed by atoms with Gasteiger partial charge in [-0.1, -0.05) is 64.4 Å². The van der Waals surface area contributed by atoms with Gasteiger partial charge in [0.05, 0.1) is 0 Å². The summed E-state index contributed by atoms with van der Waals surface area (Å²) in [7, 11) is 2.08. The smallest absolute Gasteiger partial charge is 0.0300 e. The molecule has 0 spiro atoms. The number of aromatic nitrogens is 1. The Morgan fingerprint density at radius 1 is 1.05 bits per heavy atom. The molecule has 0 saturated carbocycles. The highest BCUT2D eigenvalue weighted by Crippen LogP contribution is 2.12. The zero-order valence-corrected chi connectivity index (χ0v) is 13.4. The maximum atomic E-state index is 4.19. The van der Waals surface area contributed by atoms with Crippen LogP contribution in [-0.2, 0) is 6.42 Å². The fraction of sp³-hybridized carbons (Fsp3) is 0.722. The fourth-order valence-electron chi connectivity index (χ4n) is 2.68. The molecule has 2 heteroatoms. The van der Waals surface area contributed by atoms with Crippen LogP contribution in [0.15, 0.2) is 24.5 Å². The summed E-state index contributed by atoms with van der Waals surface area (Å²) in [5.41, 5.74) is 1.34. The maximum Gasteiger partial charge on any atom is 0.0300 e. The van der Waals surface area contributed by atoms with E-state index in [1.54, 1.807) is 0 Å². The van der Waals surface area contributed by atoms with Crippen molar-refractivity contribution < 1.29 is 0 Å². The number of hydrogen-bond donors (Lipinski definition) is 1. The highest BCUT2D eigenvalue weighted by molar-refractivity contribution is 5.10. The average molecular weight is 276 g/mol. The molecule has 1 heterocycles. The third-order valence-electron chi connectivity index (χ3n) is 4.02. The predicted molar refractivity (Wildman–Crippen MR) is 88.0 cm³/mol. The summed E-state index contributed by atoms with van der Waals surface area (Å²) in [5, 5.41) is 3.44. The van der Waals surface area contributed by atoms with Crippen LogP contribution < -0.4 is 5.32 Å². The Morgan fingerprint density at radius 3 is 2.35 bits per heavy atom. The molecule has 1 rings (SSSR count). The van der Waals surface area contributed by atoms with E-state index in [-0.39, 0.29) is 0 Å². The molecule has 1 N–H and O–H groups in total. The minimum atomic E-state index is 0.597. The number of hydrogen-bond acceptors (Lipinski definition) is 2. The molecule has 1 atom stereocenters. The summed E-state index contributed by atoms with van der Waals surface area (Å²) in [4.78, 5) is 4.19. The van der Waals surface area contributed by atoms with E-state index in [0.717, 1.165) is 6.42 Å². The predicted octanol–water partition coefficient (Wildman–Crippen LogP) is 4.74. The average Bonchev–Trinajstić information content (AvgIpc) is 2.49. The molecule has 20 heavy (non-hydrogen) atoms. The monoisotopic (exact) mass is 276 g/mol. The highest BCUT2D eigenvalue weighted by Gasteiger charge is 2.06. The third kappa shape index (κ3) is 8.31. The van der Waals surface area contributed by atoms with Gasteiger partial charge < -0.3 is 5.32 Å². The molecule has 0 saturated heterocycles. The van der Waals surface area contributed by atoms with E-state index in [9.17, 15) is 0 Å². The van der Waals surface area contributed by atoms with E-state index < -0.39 is 0 Å². The van der Waals surface area contributed by atoms with Crippen LogP contribution in [-0.4, -0.2) is 18.1 Å². The normalized spacial score (nSPS) is 12.5. The number of rotatable bonds is 12. The quantitative estimate of drug-likeness (QED) is 0.558. The first-order chi connectivity index (χ1) is 9.86. The van der Waals surface area contributed by atoms with Gasteiger partial charge in [-0.15, -0.1) is 0 Å². The lowest BCUT2D eigenvalue weighted by molar-refractivity contribution is 0.477. The van der Waals surface area contributed by atoms with Crippen LogP contribution >= 0.6 is 0 Å². The standard InChI is InChI=1S/C18H32N2/c1-3-4-5-6-7-8-9-10-13-18(19-2)15-17-12-11-14-20-16-17/h11-12,14,16,18-19H,3-10,13,15H2,1-2H3. The molecular formula is C18H32N2. The van der Waals surface area contributed by atoms with Gasteiger partial charge in [-0.05, 0) is 31.5 Å². The number of nitrogens with zero attached hydrogens (tertiary/aromatic N) is 1. The summed E-state index contributed by atoms with van der Waals surface area (Å²) in [6.07, 6.45) is 17.4. The third-order valence-corrected chi connectivity index (χ3v) is 4.02. The van der Waals surface area contributed by atoms with Crippen molar-refractivity contribution in [2.24, 2.45) is 0 Å². The SMILES string of the molecule is CCCCCCCCCCC(Cc1cccnc1)NC. The lowest BCUT2D eigenvalue weighted by atomic mass is 10.0. The van der Waals surface area contributed by atoms with Gasteiger partial charge in [0.1, 0.15) is 0 Å². The van der Waals surface area contributed by atoms with Crippen molar-refractivity contribution in [3.8, 4) is 0 Å². The summed E-state index contributed by atoms with van der Waals surface area (Å²) in [5.74, 6) is 0. The van der Waals surface area contributed by atoms with Gasteiger partial charge in [-0.25, -0.2) is 0 Å². The van der Waals surface area contributed by atoms with Gasteiger partial charge in [-0.2, -0.15) is 0 Å². The molecule has 2 nitrogen and oxygen atoms in total. The molecule has 1 aromatic rings. The van der Waals surface area contributed by atoms with Crippen LogP contribution in [0.3, 0.4) is 0 Å². The minimum absolute atomic E-state index is 0.597. The molecular weight excluding hydrogens is 244 g/mol. The van der Waals surface area contributed by atoms with Gasteiger partial charge in [0.2, 0.25) is 0 Å². The van der Waals surface area contributed by atoms with Gasteiger partial charge in [-0.3, -0.25) is 4.98 Å². The van der Waals surface area contributed by atoms with E-state index in [1.165, 1.54) is 63.4 Å². The molecule has 1 unspecified atom stereocenters. The van der Waals surface area contributed by atoms with E-state index >= 15 is 0 Å². The largest absolute Gasteiger partial charge is 0.317 e. The second kappa shape index (κ2) is 11.9. The number of pyridine rings is 1. The van der Waals surface area contributed by atoms with Crippen LogP contribution in [0, 0.1) is 0 Å². The van der Waals surface area contributed by atoms with Crippen LogP contribution in [0.5, 0.6) is 0 Å². The van der Waals surface area contributed by atoms with Crippen molar-refractivity contribution in [2.75, 3.05) is 7.05 Å². The lowest BCUT2D eigenvalue weighted by Gasteiger charge is -2.15. The van der Waals surface area contributed by atoms with Crippen LogP contribution in [0.4, 0.5) is 0 Å². The topological polar surface area (TPSA) is 24.9 Å². The Kier molecular flexibility index (Phi) is 10.2. The molecule has 0 amide bonds. The summed E-state index contributed by atoms with van der Waals surface area (Å²) >= 11 is 0. The van der Waals surface area contributed by atoms with Crippen molar-refractivity contribution >= 4 is 0 Å². The lowest BCUT2D eigenvalue weighted by Crippen LogP contribution is -2.27. The van der Waals surface area contributed by atoms with E-state index in [0.29, 0.717) is 6.04 Å². The van der Waals surface area contributed by atoms with Crippen molar-refractivity contribution in [3.05, 3.63) is 30.1 Å². The van der Waals surface area contributed by atoms with Crippen molar-refractivity contribution in [3.63, 3.8) is 0 Å². The van der Waals surface area contributed by atoms with Crippen molar-refractivity contribution in [2.45, 2.75) is 77.2 Å². The second-order valence-electron chi connectivity index (χ2n) is 5.81. The van der Waals surface area contributed by atoms with Gasteiger partial charge in [0.25, 0.3) is 0 Å². The first-order valence-electron chi connectivity index (χ1n) is 8.43.